The van der Waals surface area contributed by atoms with E-state index in [1.165, 1.54) is 0 Å². The lowest BCUT2D eigenvalue weighted by atomic mass is 9.88. The maximum Gasteiger partial charge on any atom is 0.224 e. The van der Waals surface area contributed by atoms with Crippen LogP contribution in [0.5, 0.6) is 5.75 Å². The highest BCUT2D eigenvalue weighted by Gasteiger charge is 2.40. The van der Waals surface area contributed by atoms with Gasteiger partial charge in [0.15, 0.2) is 0 Å². The Bertz CT molecular complexity index is 539. The van der Waals surface area contributed by atoms with Crippen molar-refractivity contribution in [3.63, 3.8) is 0 Å². The number of carbonyl (C=O) groups is 1. The highest BCUT2D eigenvalue weighted by atomic mass is 16.5. The van der Waals surface area contributed by atoms with E-state index in [-0.39, 0.29) is 23.5 Å². The third kappa shape index (κ3) is 2.40. The number of rotatable bonds is 2. The molecular formula is C16H22N2O2. The molecule has 1 aliphatic carbocycles. The molecule has 0 spiro atoms. The van der Waals surface area contributed by atoms with E-state index in [1.54, 1.807) is 0 Å². The number of hydrogen-bond acceptors (Lipinski definition) is 3. The molecule has 108 valence electrons. The number of benzene rings is 1. The summed E-state index contributed by atoms with van der Waals surface area (Å²) in [4.78, 5) is 11.3. The average molecular weight is 274 g/mol. The molecule has 1 amide bonds. The van der Waals surface area contributed by atoms with Crippen LogP contribution in [0.4, 0.5) is 5.69 Å². The van der Waals surface area contributed by atoms with Gasteiger partial charge in [0.05, 0.1) is 0 Å². The fourth-order valence-electron chi connectivity index (χ4n) is 3.10. The molecule has 0 bridgehead atoms. The quantitative estimate of drug-likeness (QED) is 0.870. The lowest BCUT2D eigenvalue weighted by Crippen LogP contribution is -2.42. The van der Waals surface area contributed by atoms with Gasteiger partial charge >= 0.3 is 0 Å². The summed E-state index contributed by atoms with van der Waals surface area (Å²) in [6.45, 7) is 4.40. The van der Waals surface area contributed by atoms with Gasteiger partial charge in [-0.3, -0.25) is 4.79 Å². The van der Waals surface area contributed by atoms with Gasteiger partial charge in [-0.2, -0.15) is 0 Å². The molecule has 2 atom stereocenters. The van der Waals surface area contributed by atoms with Crippen LogP contribution in [0.15, 0.2) is 18.2 Å². The molecule has 1 saturated carbocycles. The second-order valence-corrected chi connectivity index (χ2v) is 6.58. The first kappa shape index (κ1) is 13.4. The van der Waals surface area contributed by atoms with Gasteiger partial charge in [0.1, 0.15) is 11.9 Å². The van der Waals surface area contributed by atoms with E-state index in [0.717, 1.165) is 36.3 Å². The summed E-state index contributed by atoms with van der Waals surface area (Å²) >= 11 is 0. The highest BCUT2D eigenvalue weighted by Crippen LogP contribution is 2.38. The van der Waals surface area contributed by atoms with Crippen LogP contribution in [0, 0.1) is 5.41 Å². The number of anilines is 1. The van der Waals surface area contributed by atoms with E-state index < -0.39 is 0 Å². The summed E-state index contributed by atoms with van der Waals surface area (Å²) in [7, 11) is 0. The minimum atomic E-state index is 0.0678. The minimum Gasteiger partial charge on any atom is -0.489 e. The molecule has 2 aliphatic rings. The maximum absolute atomic E-state index is 11.3. The highest BCUT2D eigenvalue weighted by molar-refractivity contribution is 5.93. The van der Waals surface area contributed by atoms with Gasteiger partial charge in [-0.05, 0) is 48.4 Å². The summed E-state index contributed by atoms with van der Waals surface area (Å²) in [5.41, 5.74) is 8.48. The molecule has 0 radical (unpaired) electrons. The second-order valence-electron chi connectivity index (χ2n) is 6.58. The first-order valence-corrected chi connectivity index (χ1v) is 7.31. The molecule has 3 N–H and O–H groups in total. The Kier molecular flexibility index (Phi) is 3.21. The van der Waals surface area contributed by atoms with Crippen LogP contribution < -0.4 is 15.8 Å². The summed E-state index contributed by atoms with van der Waals surface area (Å²) in [6, 6.07) is 5.95. The molecule has 1 fully saturated rings. The van der Waals surface area contributed by atoms with Crippen molar-refractivity contribution in [3.8, 4) is 5.75 Å². The topological polar surface area (TPSA) is 64.3 Å². The normalized spacial score (nSPS) is 27.9. The summed E-state index contributed by atoms with van der Waals surface area (Å²) in [5, 5.41) is 2.88. The van der Waals surface area contributed by atoms with Crippen molar-refractivity contribution >= 4 is 11.6 Å². The molecular weight excluding hydrogens is 252 g/mol. The van der Waals surface area contributed by atoms with E-state index in [0.29, 0.717) is 6.42 Å². The Morgan fingerprint density at radius 1 is 1.35 bits per heavy atom. The van der Waals surface area contributed by atoms with E-state index in [4.69, 9.17) is 10.5 Å². The van der Waals surface area contributed by atoms with Crippen molar-refractivity contribution in [2.75, 3.05) is 5.32 Å². The van der Waals surface area contributed by atoms with E-state index in [2.05, 4.69) is 19.2 Å². The predicted molar refractivity (Wildman–Crippen MR) is 78.8 cm³/mol. The van der Waals surface area contributed by atoms with E-state index >= 15 is 0 Å². The zero-order chi connectivity index (χ0) is 14.3. The molecule has 3 rings (SSSR count). The first-order valence-electron chi connectivity index (χ1n) is 7.31. The third-order valence-corrected chi connectivity index (χ3v) is 4.64. The smallest absolute Gasteiger partial charge is 0.224 e. The van der Waals surface area contributed by atoms with Gasteiger partial charge in [0, 0.05) is 18.2 Å². The van der Waals surface area contributed by atoms with Crippen molar-refractivity contribution in [2.24, 2.45) is 11.1 Å². The van der Waals surface area contributed by atoms with Crippen LogP contribution in [0.2, 0.25) is 0 Å². The fourth-order valence-corrected chi connectivity index (χ4v) is 3.10. The Morgan fingerprint density at radius 3 is 2.85 bits per heavy atom. The third-order valence-electron chi connectivity index (χ3n) is 4.64. The van der Waals surface area contributed by atoms with Crippen LogP contribution >= 0.6 is 0 Å². The van der Waals surface area contributed by atoms with E-state index in [9.17, 15) is 4.79 Å². The summed E-state index contributed by atoms with van der Waals surface area (Å²) in [5.74, 6) is 0.948. The van der Waals surface area contributed by atoms with Gasteiger partial charge in [0.25, 0.3) is 0 Å². The molecule has 4 nitrogen and oxygen atoms in total. The van der Waals surface area contributed by atoms with Crippen molar-refractivity contribution in [1.82, 2.24) is 0 Å². The van der Waals surface area contributed by atoms with Gasteiger partial charge in [0.2, 0.25) is 5.91 Å². The molecule has 1 aromatic rings. The van der Waals surface area contributed by atoms with Crippen LogP contribution in [0.25, 0.3) is 0 Å². The van der Waals surface area contributed by atoms with Crippen molar-refractivity contribution in [2.45, 2.75) is 51.7 Å². The Balaban J connectivity index is 1.75. The first-order chi connectivity index (χ1) is 9.45. The van der Waals surface area contributed by atoms with Gasteiger partial charge in [-0.1, -0.05) is 13.8 Å². The zero-order valence-electron chi connectivity index (χ0n) is 12.1. The van der Waals surface area contributed by atoms with Crippen LogP contribution in [0.1, 0.15) is 38.7 Å². The lowest BCUT2D eigenvalue weighted by molar-refractivity contribution is -0.116. The number of ether oxygens (including phenoxy) is 1. The lowest BCUT2D eigenvalue weighted by Gasteiger charge is -2.27. The Labute approximate surface area is 119 Å². The van der Waals surface area contributed by atoms with E-state index in [1.807, 2.05) is 18.2 Å². The number of nitrogens with one attached hydrogen (secondary N) is 1. The largest absolute Gasteiger partial charge is 0.489 e. The Hall–Kier alpha value is -1.55. The van der Waals surface area contributed by atoms with Crippen LogP contribution in [-0.4, -0.2) is 18.1 Å². The molecule has 0 saturated heterocycles. The van der Waals surface area contributed by atoms with Crippen LogP contribution in [0.3, 0.4) is 0 Å². The number of amides is 1. The molecule has 2 unspecified atom stereocenters. The molecule has 4 heteroatoms. The molecule has 20 heavy (non-hydrogen) atoms. The Morgan fingerprint density at radius 2 is 2.15 bits per heavy atom. The monoisotopic (exact) mass is 274 g/mol. The molecule has 0 aromatic heterocycles. The number of hydrogen-bond donors (Lipinski definition) is 2. The van der Waals surface area contributed by atoms with Gasteiger partial charge < -0.3 is 15.8 Å². The fraction of sp³-hybridized carbons (Fsp3) is 0.562. The zero-order valence-corrected chi connectivity index (χ0v) is 12.1. The second kappa shape index (κ2) is 4.77. The SMILES string of the molecule is CC1(C)CCC(Oc2ccc3c(c2)CCC(=O)N3)C1N. The summed E-state index contributed by atoms with van der Waals surface area (Å²) < 4.78 is 6.08. The van der Waals surface area contributed by atoms with Crippen LogP contribution in [-0.2, 0) is 11.2 Å². The molecule has 1 aromatic carbocycles. The minimum absolute atomic E-state index is 0.0678. The van der Waals surface area contributed by atoms with Gasteiger partial charge in [-0.25, -0.2) is 0 Å². The summed E-state index contributed by atoms with van der Waals surface area (Å²) in [6.07, 6.45) is 3.51. The predicted octanol–water partition coefficient (Wildman–Crippen LogP) is 2.47. The molecule has 1 aliphatic heterocycles. The van der Waals surface area contributed by atoms with Crippen molar-refractivity contribution in [3.05, 3.63) is 23.8 Å². The number of carbonyl (C=O) groups excluding carboxylic acids is 1. The maximum atomic E-state index is 11.3. The molecule has 1 heterocycles. The standard InChI is InChI=1S/C16H22N2O2/c1-16(2)8-7-13(15(16)17)20-11-4-5-12-10(9-11)3-6-14(19)18-12/h4-5,9,13,15H,3,6-8,17H2,1-2H3,(H,18,19). The number of aryl methyl sites for hydroxylation is 1. The number of fused-ring (bicyclic) bond motifs is 1. The van der Waals surface area contributed by atoms with Crippen molar-refractivity contribution < 1.29 is 9.53 Å². The van der Waals surface area contributed by atoms with Crippen molar-refractivity contribution in [1.29, 1.82) is 0 Å². The average Bonchev–Trinajstić information content (AvgIpc) is 2.66. The number of nitrogens with two attached hydrogens (primary N) is 1. The van der Waals surface area contributed by atoms with Gasteiger partial charge in [-0.15, -0.1) is 0 Å².